The Morgan fingerprint density at radius 2 is 1.94 bits per heavy atom. The fourth-order valence-corrected chi connectivity index (χ4v) is 3.03. The molecule has 0 saturated carbocycles. The molecule has 2 aromatic rings. The van der Waals surface area contributed by atoms with Crippen molar-refractivity contribution in [3.8, 4) is 0 Å². The number of hydrogen-bond donors (Lipinski definition) is 0. The largest absolute Gasteiger partial charge is 0.256 e. The number of halogens is 1. The molecule has 0 bridgehead atoms. The molecule has 0 amide bonds. The summed E-state index contributed by atoms with van der Waals surface area (Å²) >= 11 is 6.28. The highest BCUT2D eigenvalue weighted by Gasteiger charge is 2.21. The van der Waals surface area contributed by atoms with E-state index in [9.17, 15) is 4.21 Å². The van der Waals surface area contributed by atoms with Crippen molar-refractivity contribution >= 4 is 33.3 Å². The molecule has 1 heterocycles. The zero-order valence-electron chi connectivity index (χ0n) is 11.0. The first-order valence-electron chi connectivity index (χ1n) is 5.77. The van der Waals surface area contributed by atoms with E-state index in [1.807, 2.05) is 45.9 Å². The predicted octanol–water partition coefficient (Wildman–Crippen LogP) is 4.10. The van der Waals surface area contributed by atoms with E-state index in [1.54, 1.807) is 6.20 Å². The molecule has 4 heteroatoms. The van der Waals surface area contributed by atoms with Gasteiger partial charge in [-0.05, 0) is 51.5 Å². The van der Waals surface area contributed by atoms with Crippen molar-refractivity contribution in [1.82, 2.24) is 4.98 Å². The Balaban J connectivity index is 2.64. The highest BCUT2D eigenvalue weighted by atomic mass is 35.5. The summed E-state index contributed by atoms with van der Waals surface area (Å²) in [7, 11) is -1.06. The molecule has 0 aliphatic carbocycles. The summed E-state index contributed by atoms with van der Waals surface area (Å²) in [5.74, 6) is 0. The Hall–Kier alpha value is -0.930. The number of fused-ring (bicyclic) bond motifs is 1. The fourth-order valence-electron chi connectivity index (χ4n) is 1.71. The minimum atomic E-state index is -1.06. The quantitative estimate of drug-likeness (QED) is 0.788. The van der Waals surface area contributed by atoms with Gasteiger partial charge >= 0.3 is 0 Å². The second-order valence-electron chi connectivity index (χ2n) is 5.32. The summed E-state index contributed by atoms with van der Waals surface area (Å²) < 4.78 is 12.1. The van der Waals surface area contributed by atoms with Crippen LogP contribution in [0.25, 0.3) is 10.9 Å². The van der Waals surface area contributed by atoms with Crippen LogP contribution in [0.15, 0.2) is 29.3 Å². The van der Waals surface area contributed by atoms with Crippen LogP contribution in [0, 0.1) is 6.92 Å². The lowest BCUT2D eigenvalue weighted by atomic mass is 10.2. The first-order valence-corrected chi connectivity index (χ1v) is 7.30. The number of benzene rings is 1. The molecule has 0 spiro atoms. The van der Waals surface area contributed by atoms with Crippen LogP contribution >= 0.6 is 11.6 Å². The van der Waals surface area contributed by atoms with E-state index in [2.05, 4.69) is 4.98 Å². The van der Waals surface area contributed by atoms with Crippen molar-refractivity contribution in [3.05, 3.63) is 35.0 Å². The van der Waals surface area contributed by atoms with Gasteiger partial charge < -0.3 is 0 Å². The maximum atomic E-state index is 12.4. The summed E-state index contributed by atoms with van der Waals surface area (Å²) in [6, 6.07) is 5.63. The van der Waals surface area contributed by atoms with Gasteiger partial charge in [-0.2, -0.15) is 0 Å². The number of aromatic nitrogens is 1. The minimum Gasteiger partial charge on any atom is -0.256 e. The fraction of sp³-hybridized carbons (Fsp3) is 0.357. The molecule has 0 radical (unpaired) electrons. The zero-order valence-corrected chi connectivity index (χ0v) is 12.5. The van der Waals surface area contributed by atoms with E-state index in [1.165, 1.54) is 0 Å². The minimum absolute atomic E-state index is 0.280. The normalized spacial score (nSPS) is 13.8. The summed E-state index contributed by atoms with van der Waals surface area (Å²) in [6.07, 6.45) is 1.76. The Kier molecular flexibility index (Phi) is 3.47. The summed E-state index contributed by atoms with van der Waals surface area (Å²) in [6.45, 7) is 7.80. The molecule has 1 aromatic carbocycles. The maximum Gasteiger partial charge on any atom is 0.0717 e. The topological polar surface area (TPSA) is 30.0 Å². The van der Waals surface area contributed by atoms with Crippen LogP contribution in [-0.2, 0) is 10.8 Å². The van der Waals surface area contributed by atoms with Gasteiger partial charge in [0.2, 0.25) is 0 Å². The lowest BCUT2D eigenvalue weighted by Gasteiger charge is -2.18. The number of nitrogens with zero attached hydrogens (tertiary/aromatic N) is 1. The van der Waals surface area contributed by atoms with Crippen molar-refractivity contribution in [2.24, 2.45) is 0 Å². The molecule has 1 atom stereocenters. The van der Waals surface area contributed by atoms with Crippen molar-refractivity contribution in [3.63, 3.8) is 0 Å². The van der Waals surface area contributed by atoms with Crippen LogP contribution in [0.3, 0.4) is 0 Å². The lowest BCUT2D eigenvalue weighted by Crippen LogP contribution is -2.21. The van der Waals surface area contributed by atoms with Gasteiger partial charge in [-0.3, -0.25) is 9.19 Å². The van der Waals surface area contributed by atoms with Gasteiger partial charge in [-0.15, -0.1) is 0 Å². The summed E-state index contributed by atoms with van der Waals surface area (Å²) in [5, 5.41) is 1.56. The molecule has 0 saturated heterocycles. The second kappa shape index (κ2) is 4.63. The van der Waals surface area contributed by atoms with Gasteiger partial charge in [-0.25, -0.2) is 0 Å². The van der Waals surface area contributed by atoms with Crippen molar-refractivity contribution in [1.29, 1.82) is 0 Å². The Morgan fingerprint density at radius 1 is 1.28 bits per heavy atom. The smallest absolute Gasteiger partial charge is 0.0717 e. The molecule has 1 unspecified atom stereocenters. The molecular weight excluding hydrogens is 266 g/mol. The number of rotatable bonds is 1. The van der Waals surface area contributed by atoms with Gasteiger partial charge in [0.25, 0.3) is 0 Å². The molecule has 1 aromatic heterocycles. The van der Waals surface area contributed by atoms with Crippen molar-refractivity contribution in [2.45, 2.75) is 37.3 Å². The Morgan fingerprint density at radius 3 is 2.56 bits per heavy atom. The molecule has 96 valence electrons. The predicted molar refractivity (Wildman–Crippen MR) is 77.7 cm³/mol. The third kappa shape index (κ3) is 2.43. The summed E-state index contributed by atoms with van der Waals surface area (Å²) in [4.78, 5) is 5.12. The first-order chi connectivity index (χ1) is 8.30. The number of pyridine rings is 1. The average Bonchev–Trinajstić information content (AvgIpc) is 2.31. The van der Waals surface area contributed by atoms with E-state index in [0.717, 1.165) is 21.4 Å². The SMILES string of the molecule is Cc1cnc2ccc(S(=O)C(C)(C)C)cc2c1Cl. The molecule has 0 aliphatic rings. The molecular formula is C14H16ClNOS. The maximum absolute atomic E-state index is 12.4. The van der Waals surface area contributed by atoms with Gasteiger partial charge in [-0.1, -0.05) is 11.6 Å². The van der Waals surface area contributed by atoms with Gasteiger partial charge in [0.15, 0.2) is 0 Å². The third-order valence-corrected chi connectivity index (χ3v) is 5.01. The van der Waals surface area contributed by atoms with Crippen LogP contribution in [0.4, 0.5) is 0 Å². The summed E-state index contributed by atoms with van der Waals surface area (Å²) in [5.41, 5.74) is 1.77. The van der Waals surface area contributed by atoms with E-state index in [-0.39, 0.29) is 4.75 Å². The molecule has 0 fully saturated rings. The van der Waals surface area contributed by atoms with E-state index < -0.39 is 10.8 Å². The van der Waals surface area contributed by atoms with Gasteiger partial charge in [0.1, 0.15) is 0 Å². The van der Waals surface area contributed by atoms with E-state index in [0.29, 0.717) is 5.02 Å². The second-order valence-corrected chi connectivity index (χ2v) is 7.93. The Labute approximate surface area is 115 Å². The van der Waals surface area contributed by atoms with Crippen LogP contribution in [0.5, 0.6) is 0 Å². The molecule has 2 nitrogen and oxygen atoms in total. The molecule has 0 aliphatic heterocycles. The van der Waals surface area contributed by atoms with Gasteiger partial charge in [0.05, 0.1) is 21.3 Å². The zero-order chi connectivity index (χ0) is 13.5. The monoisotopic (exact) mass is 281 g/mol. The van der Waals surface area contributed by atoms with Crippen LogP contribution in [0.1, 0.15) is 26.3 Å². The number of aryl methyl sites for hydroxylation is 1. The number of hydrogen-bond acceptors (Lipinski definition) is 2. The van der Waals surface area contributed by atoms with Gasteiger partial charge in [0, 0.05) is 21.2 Å². The lowest BCUT2D eigenvalue weighted by molar-refractivity contribution is 0.649. The Bertz CT molecular complexity index is 631. The van der Waals surface area contributed by atoms with Crippen LogP contribution in [-0.4, -0.2) is 13.9 Å². The van der Waals surface area contributed by atoms with Crippen molar-refractivity contribution < 1.29 is 4.21 Å². The van der Waals surface area contributed by atoms with Crippen LogP contribution in [0.2, 0.25) is 5.02 Å². The average molecular weight is 282 g/mol. The highest BCUT2D eigenvalue weighted by molar-refractivity contribution is 7.86. The van der Waals surface area contributed by atoms with E-state index >= 15 is 0 Å². The molecule has 0 N–H and O–H groups in total. The van der Waals surface area contributed by atoms with Crippen molar-refractivity contribution in [2.75, 3.05) is 0 Å². The third-order valence-electron chi connectivity index (χ3n) is 2.72. The molecule has 18 heavy (non-hydrogen) atoms. The first kappa shape index (κ1) is 13.5. The van der Waals surface area contributed by atoms with Crippen LogP contribution < -0.4 is 0 Å². The van der Waals surface area contributed by atoms with E-state index in [4.69, 9.17) is 11.6 Å². The molecule has 2 rings (SSSR count). The standard InChI is InChI=1S/C14H16ClNOS/c1-9-8-16-12-6-5-10(7-11(12)13(9)15)18(17)14(2,3)4/h5-8H,1-4H3. The highest BCUT2D eigenvalue weighted by Crippen LogP contribution is 2.29.